The average molecular weight is 511 g/mol. The van der Waals surface area contributed by atoms with Crippen molar-refractivity contribution in [3.8, 4) is 22.6 Å². The summed E-state index contributed by atoms with van der Waals surface area (Å²) in [5.74, 6) is 0.293. The van der Waals surface area contributed by atoms with Gasteiger partial charge in [0.05, 0.1) is 10.9 Å². The minimum absolute atomic E-state index is 0.115. The van der Waals surface area contributed by atoms with Crippen molar-refractivity contribution in [2.75, 3.05) is 19.7 Å². The number of rotatable bonds is 11. The highest BCUT2D eigenvalue weighted by atomic mass is 16.6. The molecule has 3 aromatic rings. The van der Waals surface area contributed by atoms with Crippen molar-refractivity contribution < 1.29 is 28.6 Å². The van der Waals surface area contributed by atoms with Crippen LogP contribution in [-0.2, 0) is 9.53 Å². The Morgan fingerprint density at radius 2 is 1.62 bits per heavy atom. The Morgan fingerprint density at radius 3 is 2.30 bits per heavy atom. The molecule has 0 aliphatic carbocycles. The molecule has 0 fully saturated rings. The molecule has 9 nitrogen and oxygen atoms in total. The van der Waals surface area contributed by atoms with E-state index in [0.717, 1.165) is 25.7 Å². The molecule has 0 unspecified atom stereocenters. The number of alkyl carbamates (subject to hydrolysis) is 1. The van der Waals surface area contributed by atoms with Crippen molar-refractivity contribution in [3.63, 3.8) is 0 Å². The van der Waals surface area contributed by atoms with Crippen molar-refractivity contribution in [2.24, 2.45) is 0 Å². The summed E-state index contributed by atoms with van der Waals surface area (Å²) < 4.78 is 16.4. The van der Waals surface area contributed by atoms with Gasteiger partial charge in [-0.25, -0.2) is 4.79 Å². The van der Waals surface area contributed by atoms with E-state index in [4.69, 9.17) is 13.9 Å². The van der Waals surface area contributed by atoms with Gasteiger partial charge in [0.1, 0.15) is 28.9 Å². The largest absolute Gasteiger partial charge is 0.508 e. The van der Waals surface area contributed by atoms with E-state index in [9.17, 15) is 19.5 Å². The first-order valence-electron chi connectivity index (χ1n) is 12.3. The molecule has 0 spiro atoms. The summed E-state index contributed by atoms with van der Waals surface area (Å²) in [7, 11) is 0. The van der Waals surface area contributed by atoms with Gasteiger partial charge in [0.2, 0.25) is 0 Å². The Bertz CT molecular complexity index is 1260. The van der Waals surface area contributed by atoms with Crippen molar-refractivity contribution in [3.05, 3.63) is 59.0 Å². The number of fused-ring (bicyclic) bond motifs is 1. The van der Waals surface area contributed by atoms with Gasteiger partial charge in [0.25, 0.3) is 5.91 Å². The lowest BCUT2D eigenvalue weighted by Crippen LogP contribution is -2.33. The number of hydrogen-bond acceptors (Lipinski definition) is 7. The summed E-state index contributed by atoms with van der Waals surface area (Å²) >= 11 is 0. The molecule has 3 N–H and O–H groups in total. The molecule has 0 aliphatic rings. The number of hydrogen-bond donors (Lipinski definition) is 3. The average Bonchev–Trinajstić information content (AvgIpc) is 2.84. The molecule has 3 rings (SSSR count). The van der Waals surface area contributed by atoms with E-state index in [-0.39, 0.29) is 23.7 Å². The normalized spacial score (nSPS) is 11.2. The second-order valence-electron chi connectivity index (χ2n) is 9.66. The quantitative estimate of drug-likeness (QED) is 0.318. The minimum Gasteiger partial charge on any atom is -0.508 e. The standard InChI is InChI=1S/C28H34N2O7/c1-28(2,3)37-27(34)30-15-7-5-4-6-14-29-25(32)18-35-21-12-13-22-24(16-21)36-17-23(26(22)33)19-8-10-20(31)11-9-19/h8-13,16-17,31H,4-7,14-15,18H2,1-3H3,(H,29,32)(H,30,34). The third-order valence-corrected chi connectivity index (χ3v) is 5.39. The number of nitrogens with one attached hydrogen (secondary N) is 2. The van der Waals surface area contributed by atoms with Crippen LogP contribution in [0.1, 0.15) is 46.5 Å². The predicted octanol–water partition coefficient (Wildman–Crippen LogP) is 4.75. The van der Waals surface area contributed by atoms with Crippen LogP contribution in [-0.4, -0.2) is 42.4 Å². The van der Waals surface area contributed by atoms with Gasteiger partial charge in [-0.3, -0.25) is 9.59 Å². The smallest absolute Gasteiger partial charge is 0.407 e. The Labute approximate surface area is 215 Å². The second kappa shape index (κ2) is 12.8. The molecule has 37 heavy (non-hydrogen) atoms. The number of phenolic OH excluding ortho intramolecular Hbond substituents is 1. The molecule has 1 aromatic heterocycles. The molecule has 2 aromatic carbocycles. The van der Waals surface area contributed by atoms with Crippen LogP contribution in [0.2, 0.25) is 0 Å². The highest BCUT2D eigenvalue weighted by Crippen LogP contribution is 2.24. The fourth-order valence-electron chi connectivity index (χ4n) is 3.57. The molecule has 0 saturated heterocycles. The van der Waals surface area contributed by atoms with Crippen LogP contribution >= 0.6 is 0 Å². The van der Waals surface area contributed by atoms with Gasteiger partial charge in [-0.2, -0.15) is 0 Å². The minimum atomic E-state index is -0.504. The molecule has 198 valence electrons. The third kappa shape index (κ3) is 8.86. The highest BCUT2D eigenvalue weighted by molar-refractivity contribution is 5.83. The molecule has 0 radical (unpaired) electrons. The van der Waals surface area contributed by atoms with Crippen molar-refractivity contribution >= 4 is 23.0 Å². The van der Waals surface area contributed by atoms with Crippen molar-refractivity contribution in [1.82, 2.24) is 10.6 Å². The summed E-state index contributed by atoms with van der Waals surface area (Å²) in [4.78, 5) is 36.5. The van der Waals surface area contributed by atoms with Gasteiger partial charge in [-0.1, -0.05) is 25.0 Å². The van der Waals surface area contributed by atoms with E-state index in [0.29, 0.717) is 40.9 Å². The number of carbonyl (C=O) groups excluding carboxylic acids is 2. The number of ether oxygens (including phenoxy) is 2. The number of carbonyl (C=O) groups is 2. The lowest BCUT2D eigenvalue weighted by molar-refractivity contribution is -0.123. The molecule has 9 heteroatoms. The van der Waals surface area contributed by atoms with Crippen LogP contribution in [0.25, 0.3) is 22.1 Å². The first-order valence-corrected chi connectivity index (χ1v) is 12.3. The lowest BCUT2D eigenvalue weighted by atomic mass is 10.1. The maximum atomic E-state index is 12.8. The fourth-order valence-corrected chi connectivity index (χ4v) is 3.57. The van der Waals surface area contributed by atoms with E-state index in [1.54, 1.807) is 30.3 Å². The SMILES string of the molecule is CC(C)(C)OC(=O)NCCCCCCNC(=O)COc1ccc2c(=O)c(-c3ccc(O)cc3)coc2c1. The van der Waals surface area contributed by atoms with Crippen LogP contribution < -0.4 is 20.8 Å². The molecule has 1 heterocycles. The van der Waals surface area contributed by atoms with E-state index < -0.39 is 11.7 Å². The Balaban J connectivity index is 1.36. The lowest BCUT2D eigenvalue weighted by Gasteiger charge is -2.19. The maximum absolute atomic E-state index is 12.8. The first kappa shape index (κ1) is 27.6. The van der Waals surface area contributed by atoms with Crippen molar-refractivity contribution in [1.29, 1.82) is 0 Å². The van der Waals surface area contributed by atoms with Crippen LogP contribution in [0, 0.1) is 0 Å². The maximum Gasteiger partial charge on any atom is 0.407 e. The van der Waals surface area contributed by atoms with Gasteiger partial charge in [0.15, 0.2) is 12.0 Å². The summed E-state index contributed by atoms with van der Waals surface area (Å²) in [5, 5.41) is 15.4. The highest BCUT2D eigenvalue weighted by Gasteiger charge is 2.15. The van der Waals surface area contributed by atoms with Gasteiger partial charge in [-0.05, 0) is 63.4 Å². The number of amides is 2. The van der Waals surface area contributed by atoms with Crippen LogP contribution in [0.5, 0.6) is 11.5 Å². The van der Waals surface area contributed by atoms with Crippen LogP contribution in [0.4, 0.5) is 4.79 Å². The summed E-state index contributed by atoms with van der Waals surface area (Å²) in [6, 6.07) is 11.1. The summed E-state index contributed by atoms with van der Waals surface area (Å²) in [6.45, 7) is 6.41. The number of aromatic hydroxyl groups is 1. The molecule has 2 amide bonds. The molecule has 0 atom stereocenters. The predicted molar refractivity (Wildman–Crippen MR) is 141 cm³/mol. The van der Waals surface area contributed by atoms with Gasteiger partial charge in [-0.15, -0.1) is 0 Å². The molecule has 0 bridgehead atoms. The topological polar surface area (TPSA) is 127 Å². The molecular weight excluding hydrogens is 476 g/mol. The molecular formula is C28H34N2O7. The fraction of sp³-hybridized carbons (Fsp3) is 0.393. The van der Waals surface area contributed by atoms with Crippen LogP contribution in [0.15, 0.2) is 57.9 Å². The zero-order valence-electron chi connectivity index (χ0n) is 21.5. The summed E-state index contributed by atoms with van der Waals surface area (Å²) in [6.07, 6.45) is 4.48. The Morgan fingerprint density at radius 1 is 0.946 bits per heavy atom. The van der Waals surface area contributed by atoms with Crippen molar-refractivity contribution in [2.45, 2.75) is 52.1 Å². The van der Waals surface area contributed by atoms with E-state index in [1.807, 2.05) is 20.8 Å². The zero-order chi connectivity index (χ0) is 26.8. The van der Waals surface area contributed by atoms with E-state index in [1.165, 1.54) is 18.4 Å². The Hall–Kier alpha value is -4.01. The third-order valence-electron chi connectivity index (χ3n) is 5.39. The van der Waals surface area contributed by atoms with E-state index >= 15 is 0 Å². The van der Waals surface area contributed by atoms with E-state index in [2.05, 4.69) is 10.6 Å². The van der Waals surface area contributed by atoms with Crippen LogP contribution in [0.3, 0.4) is 0 Å². The van der Waals surface area contributed by atoms with Gasteiger partial charge >= 0.3 is 6.09 Å². The molecule has 0 saturated carbocycles. The van der Waals surface area contributed by atoms with Gasteiger partial charge in [0, 0.05) is 19.2 Å². The first-order chi connectivity index (χ1) is 17.6. The monoisotopic (exact) mass is 510 g/mol. The number of benzene rings is 2. The second-order valence-corrected chi connectivity index (χ2v) is 9.66. The number of unbranched alkanes of at least 4 members (excludes halogenated alkanes) is 3. The molecule has 0 aliphatic heterocycles. The summed E-state index contributed by atoms with van der Waals surface area (Å²) in [5.41, 5.74) is 0.682. The van der Waals surface area contributed by atoms with Gasteiger partial charge < -0.3 is 29.6 Å². The Kier molecular flexibility index (Phi) is 9.54. The zero-order valence-corrected chi connectivity index (χ0v) is 21.5. The number of phenols is 1.